The Morgan fingerprint density at radius 3 is 2.36 bits per heavy atom. The van der Waals surface area contributed by atoms with Gasteiger partial charge in [0.15, 0.2) is 15.6 Å². The molecule has 1 amide bonds. The molecule has 0 saturated carbocycles. The van der Waals surface area contributed by atoms with E-state index in [9.17, 15) is 13.2 Å². The number of carbonyl (C=O) groups excluding carboxylic acids is 1. The Kier molecular flexibility index (Phi) is 4.72. The highest BCUT2D eigenvalue weighted by atomic mass is 32.2. The van der Waals surface area contributed by atoms with E-state index in [0.29, 0.717) is 5.69 Å². The molecule has 25 heavy (non-hydrogen) atoms. The number of hydrogen-bond acceptors (Lipinski definition) is 4. The monoisotopic (exact) mass is 355 g/mol. The minimum atomic E-state index is -3.52. The average molecular weight is 355 g/mol. The molecule has 0 aliphatic carbocycles. The van der Waals surface area contributed by atoms with Crippen molar-refractivity contribution in [1.82, 2.24) is 0 Å². The smallest absolute Gasteiger partial charge is 0.291 e. The fourth-order valence-corrected chi connectivity index (χ4v) is 3.64. The Hall–Kier alpha value is -2.86. The average Bonchev–Trinajstić information content (AvgIpc) is 3.06. The van der Waals surface area contributed by atoms with Gasteiger partial charge in [0, 0.05) is 5.69 Å². The lowest BCUT2D eigenvalue weighted by Crippen LogP contribution is -2.11. The van der Waals surface area contributed by atoms with Gasteiger partial charge in [-0.15, -0.1) is 0 Å². The van der Waals surface area contributed by atoms with E-state index in [1.165, 1.54) is 24.3 Å². The zero-order valence-corrected chi connectivity index (χ0v) is 14.4. The van der Waals surface area contributed by atoms with E-state index in [1.54, 1.807) is 24.3 Å². The summed E-state index contributed by atoms with van der Waals surface area (Å²) >= 11 is 0. The number of para-hydroxylation sites is 1. The lowest BCUT2D eigenvalue weighted by atomic mass is 10.2. The van der Waals surface area contributed by atoms with E-state index in [1.807, 2.05) is 25.1 Å². The molecule has 0 bridgehead atoms. The van der Waals surface area contributed by atoms with Gasteiger partial charge in [-0.05, 0) is 42.8 Å². The quantitative estimate of drug-likeness (QED) is 0.755. The van der Waals surface area contributed by atoms with Crippen LogP contribution in [0.5, 0.6) is 0 Å². The molecule has 128 valence electrons. The lowest BCUT2D eigenvalue weighted by molar-refractivity contribution is 0.0995. The van der Waals surface area contributed by atoms with Crippen LogP contribution in [0.25, 0.3) is 0 Å². The molecule has 0 fully saturated rings. The molecule has 0 saturated heterocycles. The van der Waals surface area contributed by atoms with Crippen LogP contribution >= 0.6 is 0 Å². The zero-order valence-electron chi connectivity index (χ0n) is 13.6. The van der Waals surface area contributed by atoms with Crippen LogP contribution in [0.15, 0.2) is 76.0 Å². The second-order valence-electron chi connectivity index (χ2n) is 5.61. The van der Waals surface area contributed by atoms with Crippen molar-refractivity contribution >= 4 is 21.4 Å². The van der Waals surface area contributed by atoms with Crippen molar-refractivity contribution in [2.45, 2.75) is 17.6 Å². The number of nitrogens with one attached hydrogen (secondary N) is 1. The minimum Gasteiger partial charge on any atom is -0.455 e. The Bertz CT molecular complexity index is 991. The van der Waals surface area contributed by atoms with Gasteiger partial charge in [-0.2, -0.15) is 0 Å². The number of anilines is 1. The molecular formula is C19H17NO4S. The number of benzene rings is 2. The van der Waals surface area contributed by atoms with Crippen LogP contribution in [-0.4, -0.2) is 14.3 Å². The maximum atomic E-state index is 12.4. The molecule has 0 aliphatic rings. The van der Waals surface area contributed by atoms with Gasteiger partial charge in [-0.3, -0.25) is 4.79 Å². The lowest BCUT2D eigenvalue weighted by Gasteiger charge is -2.06. The van der Waals surface area contributed by atoms with Crippen LogP contribution in [-0.2, 0) is 15.6 Å². The molecule has 0 atom stereocenters. The predicted octanol–water partition coefficient (Wildman–Crippen LogP) is 3.81. The molecule has 0 spiro atoms. The molecule has 2 aromatic carbocycles. The molecule has 3 rings (SSSR count). The van der Waals surface area contributed by atoms with Crippen molar-refractivity contribution in [3.05, 3.63) is 83.8 Å². The molecule has 0 unspecified atom stereocenters. The van der Waals surface area contributed by atoms with E-state index in [4.69, 9.17) is 4.42 Å². The minimum absolute atomic E-state index is 0.0708. The Labute approximate surface area is 146 Å². The second-order valence-corrected chi connectivity index (χ2v) is 7.60. The molecular weight excluding hydrogens is 338 g/mol. The van der Waals surface area contributed by atoms with E-state index >= 15 is 0 Å². The summed E-state index contributed by atoms with van der Waals surface area (Å²) in [5, 5.41) is 2.75. The van der Waals surface area contributed by atoms with Gasteiger partial charge in [0.25, 0.3) is 5.91 Å². The number of hydrogen-bond donors (Lipinski definition) is 1. The summed E-state index contributed by atoms with van der Waals surface area (Å²) in [7, 11) is -3.52. The summed E-state index contributed by atoms with van der Waals surface area (Å²) in [6.07, 6.45) is 0. The molecule has 0 radical (unpaired) electrons. The predicted molar refractivity (Wildman–Crippen MR) is 95.2 cm³/mol. The van der Waals surface area contributed by atoms with Crippen LogP contribution in [0.1, 0.15) is 21.9 Å². The zero-order chi connectivity index (χ0) is 17.9. The van der Waals surface area contributed by atoms with Gasteiger partial charge >= 0.3 is 0 Å². The van der Waals surface area contributed by atoms with Gasteiger partial charge in [0.1, 0.15) is 11.5 Å². The van der Waals surface area contributed by atoms with Crippen molar-refractivity contribution in [3.8, 4) is 0 Å². The number of amides is 1. The van der Waals surface area contributed by atoms with Crippen molar-refractivity contribution in [2.75, 3.05) is 5.32 Å². The highest BCUT2D eigenvalue weighted by molar-refractivity contribution is 7.90. The van der Waals surface area contributed by atoms with E-state index in [2.05, 4.69) is 5.32 Å². The number of sulfone groups is 1. The first kappa shape index (κ1) is 17.0. The third-order valence-corrected chi connectivity index (χ3v) is 5.37. The molecule has 3 aromatic rings. The third kappa shape index (κ3) is 3.97. The van der Waals surface area contributed by atoms with Gasteiger partial charge in [0.2, 0.25) is 0 Å². The van der Waals surface area contributed by atoms with Crippen LogP contribution in [0.2, 0.25) is 0 Å². The summed E-state index contributed by atoms with van der Waals surface area (Å²) in [6, 6.07) is 18.5. The number of aryl methyl sites for hydroxylation is 1. The summed E-state index contributed by atoms with van der Waals surface area (Å²) < 4.78 is 30.1. The maximum Gasteiger partial charge on any atom is 0.291 e. The van der Waals surface area contributed by atoms with Gasteiger partial charge in [-0.25, -0.2) is 8.42 Å². The molecule has 1 N–H and O–H groups in total. The van der Waals surface area contributed by atoms with Crippen molar-refractivity contribution in [2.24, 2.45) is 0 Å². The van der Waals surface area contributed by atoms with Gasteiger partial charge < -0.3 is 9.73 Å². The van der Waals surface area contributed by atoms with E-state index in [-0.39, 0.29) is 22.2 Å². The van der Waals surface area contributed by atoms with Crippen LogP contribution < -0.4 is 5.32 Å². The largest absolute Gasteiger partial charge is 0.455 e. The number of furan rings is 1. The summed E-state index contributed by atoms with van der Waals surface area (Å²) in [4.78, 5) is 12.5. The first-order valence-electron chi connectivity index (χ1n) is 7.69. The van der Waals surface area contributed by atoms with Crippen LogP contribution in [0, 0.1) is 6.92 Å². The first-order valence-corrected chi connectivity index (χ1v) is 9.34. The number of rotatable bonds is 5. The van der Waals surface area contributed by atoms with E-state index < -0.39 is 15.7 Å². The fourth-order valence-electron chi connectivity index (χ4n) is 2.37. The summed E-state index contributed by atoms with van der Waals surface area (Å²) in [6.45, 7) is 1.88. The van der Waals surface area contributed by atoms with Crippen molar-refractivity contribution < 1.29 is 17.6 Å². The summed E-state index contributed by atoms with van der Waals surface area (Å²) in [5.41, 5.74) is 1.61. The van der Waals surface area contributed by atoms with Crippen molar-refractivity contribution in [1.29, 1.82) is 0 Å². The van der Waals surface area contributed by atoms with E-state index in [0.717, 1.165) is 5.56 Å². The molecule has 0 aliphatic heterocycles. The third-order valence-electron chi connectivity index (χ3n) is 3.71. The SMILES string of the molecule is Cc1ccccc1NC(=O)c1ccc(CS(=O)(=O)c2ccccc2)o1. The Morgan fingerprint density at radius 1 is 0.960 bits per heavy atom. The Balaban J connectivity index is 1.74. The molecule has 5 nitrogen and oxygen atoms in total. The highest BCUT2D eigenvalue weighted by Crippen LogP contribution is 2.19. The van der Waals surface area contributed by atoms with Gasteiger partial charge in [0.05, 0.1) is 4.90 Å². The van der Waals surface area contributed by atoms with Crippen LogP contribution in [0.4, 0.5) is 5.69 Å². The molecule has 1 heterocycles. The Morgan fingerprint density at radius 2 is 1.64 bits per heavy atom. The first-order chi connectivity index (χ1) is 12.0. The standard InChI is InChI=1S/C19H17NO4S/c1-14-7-5-6-10-17(14)20-19(21)18-12-11-15(24-18)13-25(22,23)16-8-3-2-4-9-16/h2-12H,13H2,1H3,(H,20,21). The van der Waals surface area contributed by atoms with Crippen LogP contribution in [0.3, 0.4) is 0 Å². The van der Waals surface area contributed by atoms with Gasteiger partial charge in [-0.1, -0.05) is 36.4 Å². The molecule has 1 aromatic heterocycles. The molecule has 6 heteroatoms. The van der Waals surface area contributed by atoms with Crippen molar-refractivity contribution in [3.63, 3.8) is 0 Å². The second kappa shape index (κ2) is 6.94. The fraction of sp³-hybridized carbons (Fsp3) is 0.105. The topological polar surface area (TPSA) is 76.4 Å². The number of carbonyl (C=O) groups is 1. The summed E-state index contributed by atoms with van der Waals surface area (Å²) in [5.74, 6) is -0.424. The normalized spacial score (nSPS) is 11.2. The maximum absolute atomic E-state index is 12.4. The highest BCUT2D eigenvalue weighted by Gasteiger charge is 2.19.